The number of benzene rings is 1. The molecule has 0 bridgehead atoms. The number of hydrogen-bond acceptors (Lipinski definition) is 4. The van der Waals surface area contributed by atoms with Crippen LogP contribution in [0.5, 0.6) is 0 Å². The molecule has 3 rings (SSSR count). The minimum absolute atomic E-state index is 0.0593. The Morgan fingerprint density at radius 1 is 1.24 bits per heavy atom. The summed E-state index contributed by atoms with van der Waals surface area (Å²) in [4.78, 5) is 4.48. The van der Waals surface area contributed by atoms with E-state index in [-0.39, 0.29) is 6.10 Å². The van der Waals surface area contributed by atoms with E-state index in [0.29, 0.717) is 0 Å². The van der Waals surface area contributed by atoms with Crippen molar-refractivity contribution in [3.05, 3.63) is 58.9 Å². The van der Waals surface area contributed by atoms with Crippen molar-refractivity contribution in [2.75, 3.05) is 25.0 Å². The molecule has 1 saturated heterocycles. The molecule has 1 aliphatic rings. The summed E-state index contributed by atoms with van der Waals surface area (Å²) in [5.74, 6) is 0. The Balaban J connectivity index is 1.57. The highest BCUT2D eigenvalue weighted by atomic mass is 35.5. The fourth-order valence-electron chi connectivity index (χ4n) is 2.26. The first-order valence-corrected chi connectivity index (χ1v) is 7.45. The number of morpholine rings is 1. The summed E-state index contributed by atoms with van der Waals surface area (Å²) in [7, 11) is 0. The van der Waals surface area contributed by atoms with Crippen molar-refractivity contribution in [2.45, 2.75) is 12.6 Å². The zero-order chi connectivity index (χ0) is 14.5. The minimum Gasteiger partial charge on any atom is -0.380 e. The minimum atomic E-state index is 0.0593. The van der Waals surface area contributed by atoms with Gasteiger partial charge in [-0.3, -0.25) is 4.98 Å². The monoisotopic (exact) mass is 303 g/mol. The number of nitrogens with one attached hydrogen (secondary N) is 2. The molecule has 1 unspecified atom stereocenters. The predicted octanol–water partition coefficient (Wildman–Crippen LogP) is 3.01. The second kappa shape index (κ2) is 6.89. The Morgan fingerprint density at radius 3 is 2.76 bits per heavy atom. The summed E-state index contributed by atoms with van der Waals surface area (Å²) in [6.45, 7) is 3.23. The summed E-state index contributed by atoms with van der Waals surface area (Å²) in [6, 6.07) is 11.9. The summed E-state index contributed by atoms with van der Waals surface area (Å²) in [5.41, 5.74) is 3.15. The first-order chi connectivity index (χ1) is 10.3. The smallest absolute Gasteiger partial charge is 0.112 e. The van der Waals surface area contributed by atoms with Crippen molar-refractivity contribution < 1.29 is 4.74 Å². The van der Waals surface area contributed by atoms with Crippen LogP contribution in [0.2, 0.25) is 5.02 Å². The van der Waals surface area contributed by atoms with Gasteiger partial charge >= 0.3 is 0 Å². The van der Waals surface area contributed by atoms with Crippen molar-refractivity contribution in [3.8, 4) is 0 Å². The third-order valence-electron chi connectivity index (χ3n) is 3.45. The van der Waals surface area contributed by atoms with Crippen molar-refractivity contribution in [3.63, 3.8) is 0 Å². The van der Waals surface area contributed by atoms with Crippen LogP contribution in [0.3, 0.4) is 0 Å². The zero-order valence-corrected chi connectivity index (χ0v) is 12.4. The Morgan fingerprint density at radius 2 is 2.10 bits per heavy atom. The normalized spacial score (nSPS) is 18.4. The lowest BCUT2D eigenvalue weighted by atomic mass is 10.2. The molecule has 1 aliphatic heterocycles. The number of hydrogen-bond donors (Lipinski definition) is 2. The molecule has 5 heteroatoms. The lowest BCUT2D eigenvalue weighted by Crippen LogP contribution is -2.33. The maximum atomic E-state index is 5.87. The van der Waals surface area contributed by atoms with Gasteiger partial charge in [-0.25, -0.2) is 0 Å². The van der Waals surface area contributed by atoms with Gasteiger partial charge in [0.15, 0.2) is 0 Å². The number of nitrogens with zero attached hydrogens (tertiary/aromatic N) is 1. The second-order valence-corrected chi connectivity index (χ2v) is 5.45. The van der Waals surface area contributed by atoms with Crippen LogP contribution in [-0.4, -0.2) is 24.7 Å². The van der Waals surface area contributed by atoms with Gasteiger partial charge < -0.3 is 15.4 Å². The first-order valence-electron chi connectivity index (χ1n) is 7.08. The van der Waals surface area contributed by atoms with E-state index in [4.69, 9.17) is 16.3 Å². The molecule has 4 nitrogen and oxygen atoms in total. The van der Waals surface area contributed by atoms with Gasteiger partial charge in [-0.1, -0.05) is 23.7 Å². The SMILES string of the molecule is Clc1ccc(CNc2ccc(C3CNCCO3)nc2)cc1. The molecule has 1 fully saturated rings. The molecule has 0 radical (unpaired) electrons. The van der Waals surface area contributed by atoms with E-state index < -0.39 is 0 Å². The third-order valence-corrected chi connectivity index (χ3v) is 3.71. The van der Waals surface area contributed by atoms with Crippen LogP contribution in [0.15, 0.2) is 42.6 Å². The average Bonchev–Trinajstić information content (AvgIpc) is 2.56. The maximum Gasteiger partial charge on any atom is 0.112 e. The Labute approximate surface area is 129 Å². The Kier molecular flexibility index (Phi) is 4.70. The molecule has 1 aromatic heterocycles. The molecular formula is C16H18ClN3O. The van der Waals surface area contributed by atoms with Gasteiger partial charge in [0.2, 0.25) is 0 Å². The largest absolute Gasteiger partial charge is 0.380 e. The van der Waals surface area contributed by atoms with E-state index in [1.54, 1.807) is 0 Å². The van der Waals surface area contributed by atoms with Crippen molar-refractivity contribution in [2.24, 2.45) is 0 Å². The molecule has 2 heterocycles. The molecule has 110 valence electrons. The van der Waals surface area contributed by atoms with Gasteiger partial charge in [0.05, 0.1) is 24.2 Å². The number of ether oxygens (including phenoxy) is 1. The summed E-state index contributed by atoms with van der Waals surface area (Å²) in [6.07, 6.45) is 1.91. The fraction of sp³-hybridized carbons (Fsp3) is 0.312. The predicted molar refractivity (Wildman–Crippen MR) is 84.6 cm³/mol. The van der Waals surface area contributed by atoms with E-state index >= 15 is 0 Å². The first kappa shape index (κ1) is 14.3. The quantitative estimate of drug-likeness (QED) is 0.911. The van der Waals surface area contributed by atoms with E-state index in [1.165, 1.54) is 5.56 Å². The Bertz CT molecular complexity index is 565. The van der Waals surface area contributed by atoms with Crippen molar-refractivity contribution in [1.29, 1.82) is 0 Å². The summed E-state index contributed by atoms with van der Waals surface area (Å²) < 4.78 is 5.69. The molecule has 0 saturated carbocycles. The highest BCUT2D eigenvalue weighted by Crippen LogP contribution is 2.18. The van der Waals surface area contributed by atoms with Gasteiger partial charge in [0.25, 0.3) is 0 Å². The van der Waals surface area contributed by atoms with Gasteiger partial charge in [-0.2, -0.15) is 0 Å². The molecule has 0 spiro atoms. The van der Waals surface area contributed by atoms with E-state index in [0.717, 1.165) is 42.6 Å². The van der Waals surface area contributed by atoms with Crippen LogP contribution in [0.4, 0.5) is 5.69 Å². The number of halogens is 1. The molecule has 21 heavy (non-hydrogen) atoms. The lowest BCUT2D eigenvalue weighted by molar-refractivity contribution is 0.0250. The number of rotatable bonds is 4. The van der Waals surface area contributed by atoms with Gasteiger partial charge in [0.1, 0.15) is 6.10 Å². The molecule has 2 aromatic rings. The average molecular weight is 304 g/mol. The molecule has 0 aliphatic carbocycles. The molecular weight excluding hydrogens is 286 g/mol. The fourth-order valence-corrected chi connectivity index (χ4v) is 2.39. The van der Waals surface area contributed by atoms with Crippen molar-refractivity contribution in [1.82, 2.24) is 10.3 Å². The highest BCUT2D eigenvalue weighted by Gasteiger charge is 2.16. The van der Waals surface area contributed by atoms with Crippen LogP contribution in [0.1, 0.15) is 17.4 Å². The number of pyridine rings is 1. The molecule has 1 atom stereocenters. The summed E-state index contributed by atoms with van der Waals surface area (Å²) >= 11 is 5.87. The van der Waals surface area contributed by atoms with Crippen LogP contribution >= 0.6 is 11.6 Å². The summed E-state index contributed by atoms with van der Waals surface area (Å²) in [5, 5.41) is 7.41. The zero-order valence-electron chi connectivity index (χ0n) is 11.7. The van der Waals surface area contributed by atoms with Crippen LogP contribution < -0.4 is 10.6 Å². The van der Waals surface area contributed by atoms with E-state index in [2.05, 4.69) is 15.6 Å². The second-order valence-electron chi connectivity index (χ2n) is 5.02. The topological polar surface area (TPSA) is 46.2 Å². The molecule has 0 amide bonds. The maximum absolute atomic E-state index is 5.87. The van der Waals surface area contributed by atoms with Crippen molar-refractivity contribution >= 4 is 17.3 Å². The van der Waals surface area contributed by atoms with Crippen LogP contribution in [0.25, 0.3) is 0 Å². The van der Waals surface area contributed by atoms with Gasteiger partial charge in [-0.05, 0) is 29.8 Å². The van der Waals surface area contributed by atoms with Gasteiger partial charge in [0, 0.05) is 24.7 Å². The Hall–Kier alpha value is -1.62. The van der Waals surface area contributed by atoms with Gasteiger partial charge in [-0.15, -0.1) is 0 Å². The lowest BCUT2D eigenvalue weighted by Gasteiger charge is -2.23. The third kappa shape index (κ3) is 3.94. The van der Waals surface area contributed by atoms with E-state index in [9.17, 15) is 0 Å². The van der Waals surface area contributed by atoms with Crippen LogP contribution in [0, 0.1) is 0 Å². The number of anilines is 1. The molecule has 2 N–H and O–H groups in total. The van der Waals surface area contributed by atoms with E-state index in [1.807, 2.05) is 42.6 Å². The highest BCUT2D eigenvalue weighted by molar-refractivity contribution is 6.30. The molecule has 1 aromatic carbocycles. The standard InChI is InChI=1S/C16H18ClN3O/c17-13-3-1-12(2-4-13)9-19-14-5-6-15(20-10-14)16-11-18-7-8-21-16/h1-6,10,16,18-19H,7-9,11H2. The van der Waals surface area contributed by atoms with Crippen LogP contribution in [-0.2, 0) is 11.3 Å². The number of aromatic nitrogens is 1.